The van der Waals surface area contributed by atoms with Crippen LogP contribution in [0.15, 0.2) is 146 Å². The average molecular weight is 610 g/mol. The molecule has 0 spiro atoms. The Bertz CT molecular complexity index is 2410. The first-order valence-electron chi connectivity index (χ1n) is 17.2. The van der Waals surface area contributed by atoms with E-state index in [-0.39, 0.29) is 17.8 Å². The minimum absolute atomic E-state index is 0.00910. The number of benzene rings is 4. The molecule has 10 rings (SSSR count). The van der Waals surface area contributed by atoms with Gasteiger partial charge < -0.3 is 8.83 Å². The van der Waals surface area contributed by atoms with Crippen molar-refractivity contribution in [2.24, 2.45) is 16.8 Å². The molecule has 4 aliphatic rings. The maximum absolute atomic E-state index is 6.82. The fraction of sp³-hybridized carbons (Fsp3) is 0.205. The lowest BCUT2D eigenvalue weighted by molar-refractivity contribution is 0.452. The predicted octanol–water partition coefficient (Wildman–Crippen LogP) is 12.0. The number of furan rings is 2. The molecule has 0 fully saturated rings. The molecule has 3 heterocycles. The lowest BCUT2D eigenvalue weighted by Gasteiger charge is -2.35. The zero-order chi connectivity index (χ0) is 31.1. The quantitative estimate of drug-likeness (QED) is 0.200. The Balaban J connectivity index is 1.21. The van der Waals surface area contributed by atoms with Gasteiger partial charge in [-0.05, 0) is 83.4 Å². The molecule has 4 aromatic carbocycles. The fourth-order valence-corrected chi connectivity index (χ4v) is 8.99. The van der Waals surface area contributed by atoms with Crippen LogP contribution >= 0.6 is 0 Å². The highest BCUT2D eigenvalue weighted by Crippen LogP contribution is 2.54. The third kappa shape index (κ3) is 4.02. The van der Waals surface area contributed by atoms with Crippen LogP contribution in [0.2, 0.25) is 0 Å². The highest BCUT2D eigenvalue weighted by Gasteiger charge is 2.42. The number of hydrogen-bond acceptors (Lipinski definition) is 3. The summed E-state index contributed by atoms with van der Waals surface area (Å²) in [6, 6.07) is 32.5. The van der Waals surface area contributed by atoms with Gasteiger partial charge >= 0.3 is 0 Å². The van der Waals surface area contributed by atoms with Crippen LogP contribution in [-0.2, 0) is 0 Å². The molecule has 0 bridgehead atoms. The van der Waals surface area contributed by atoms with Gasteiger partial charge in [0.05, 0.1) is 5.92 Å². The standard InChI is InChI=1S/C44H35NO2/c1-2-29-41(35-18-11-21-39-40(35)33-16-7-9-19-37(33)46-39)44-43(34-17-8-10-20-38(34)47-44)45-42(29)32-23-22-28-24-26-12-3-4-13-27(26)25-36(28)31-15-6-5-14-30(31)32/h3-12,14-21,24-25,27,29,32,41H,2,13,22-23H2,1H3. The molecule has 0 amide bonds. The summed E-state index contributed by atoms with van der Waals surface area (Å²) in [6.07, 6.45) is 15.9. The molecule has 0 saturated carbocycles. The summed E-state index contributed by atoms with van der Waals surface area (Å²) in [4.78, 5) is 5.68. The first-order chi connectivity index (χ1) is 23.3. The van der Waals surface area contributed by atoms with Gasteiger partial charge in [-0.2, -0.15) is 0 Å². The molecule has 1 aliphatic heterocycles. The second kappa shape index (κ2) is 10.4. The minimum atomic E-state index is 0.00910. The monoisotopic (exact) mass is 609 g/mol. The molecule has 6 aromatic rings. The van der Waals surface area contributed by atoms with Gasteiger partial charge in [0.15, 0.2) is 0 Å². The van der Waals surface area contributed by atoms with E-state index < -0.39 is 0 Å². The normalized spacial score (nSPS) is 23.3. The van der Waals surface area contributed by atoms with Crippen LogP contribution < -0.4 is 0 Å². The molecule has 2 aromatic heterocycles. The molecule has 3 nitrogen and oxygen atoms in total. The molecular formula is C44H35NO2. The Labute approximate surface area is 274 Å². The summed E-state index contributed by atoms with van der Waals surface area (Å²) < 4.78 is 13.2. The molecular weight excluding hydrogens is 574 g/mol. The van der Waals surface area contributed by atoms with Crippen molar-refractivity contribution in [3.05, 3.63) is 155 Å². The largest absolute Gasteiger partial charge is 0.458 e. The number of nitrogens with zero attached hydrogens (tertiary/aromatic N) is 1. The molecule has 0 N–H and O–H groups in total. The predicted molar refractivity (Wildman–Crippen MR) is 192 cm³/mol. The van der Waals surface area contributed by atoms with Crippen LogP contribution in [0.3, 0.4) is 0 Å². The number of fused-ring (bicyclic) bond motifs is 10. The average Bonchev–Trinajstić information content (AvgIpc) is 3.64. The van der Waals surface area contributed by atoms with E-state index in [9.17, 15) is 0 Å². The summed E-state index contributed by atoms with van der Waals surface area (Å²) >= 11 is 0. The molecule has 4 atom stereocenters. The zero-order valence-electron chi connectivity index (χ0n) is 26.4. The summed E-state index contributed by atoms with van der Waals surface area (Å²) in [5, 5.41) is 3.43. The van der Waals surface area contributed by atoms with Crippen molar-refractivity contribution >= 4 is 49.9 Å². The van der Waals surface area contributed by atoms with Gasteiger partial charge in [0, 0.05) is 39.6 Å². The van der Waals surface area contributed by atoms with Gasteiger partial charge in [0.25, 0.3) is 0 Å². The number of allylic oxidation sites excluding steroid dienone is 8. The van der Waals surface area contributed by atoms with Crippen molar-refractivity contribution in [1.82, 2.24) is 0 Å². The van der Waals surface area contributed by atoms with E-state index in [1.165, 1.54) is 44.5 Å². The molecule has 4 unspecified atom stereocenters. The molecule has 3 aliphatic carbocycles. The SMILES string of the molecule is CCC1C(C2CCC3=CC4=CC=CCC4C=C3c3ccccc32)=Nc2c(oc3ccccc23)C1c1cccc2oc3ccccc3c12. The van der Waals surface area contributed by atoms with E-state index >= 15 is 0 Å². The zero-order valence-corrected chi connectivity index (χ0v) is 26.4. The van der Waals surface area contributed by atoms with Crippen LogP contribution in [0.1, 0.15) is 66.9 Å². The summed E-state index contributed by atoms with van der Waals surface area (Å²) in [5.74, 6) is 1.80. The molecule has 47 heavy (non-hydrogen) atoms. The Morgan fingerprint density at radius 3 is 2.45 bits per heavy atom. The summed E-state index contributed by atoms with van der Waals surface area (Å²) in [7, 11) is 0. The second-order valence-electron chi connectivity index (χ2n) is 13.5. The molecule has 3 heteroatoms. The second-order valence-corrected chi connectivity index (χ2v) is 13.5. The Kier molecular flexibility index (Phi) is 6.00. The Morgan fingerprint density at radius 1 is 0.787 bits per heavy atom. The van der Waals surface area contributed by atoms with Gasteiger partial charge in [-0.15, -0.1) is 0 Å². The topological polar surface area (TPSA) is 38.6 Å². The summed E-state index contributed by atoms with van der Waals surface area (Å²) in [6.45, 7) is 2.33. The maximum Gasteiger partial charge on any atom is 0.139 e. The van der Waals surface area contributed by atoms with E-state index in [2.05, 4.69) is 128 Å². The lowest BCUT2D eigenvalue weighted by Crippen LogP contribution is -2.30. The van der Waals surface area contributed by atoms with Gasteiger partial charge in [0.2, 0.25) is 0 Å². The molecule has 0 radical (unpaired) electrons. The first-order valence-corrected chi connectivity index (χ1v) is 17.2. The van der Waals surface area contributed by atoms with E-state index in [1.54, 1.807) is 0 Å². The molecule has 228 valence electrons. The van der Waals surface area contributed by atoms with Crippen molar-refractivity contribution in [3.63, 3.8) is 0 Å². The van der Waals surface area contributed by atoms with Crippen molar-refractivity contribution in [2.75, 3.05) is 0 Å². The van der Waals surface area contributed by atoms with Gasteiger partial charge in [-0.25, -0.2) is 0 Å². The smallest absolute Gasteiger partial charge is 0.139 e. The van der Waals surface area contributed by atoms with Crippen molar-refractivity contribution < 1.29 is 8.83 Å². The van der Waals surface area contributed by atoms with E-state index in [0.29, 0.717) is 5.92 Å². The van der Waals surface area contributed by atoms with Gasteiger partial charge in [0.1, 0.15) is 28.2 Å². The third-order valence-corrected chi connectivity index (χ3v) is 11.1. The van der Waals surface area contributed by atoms with E-state index in [1.807, 2.05) is 0 Å². The number of rotatable bonds is 3. The van der Waals surface area contributed by atoms with Crippen LogP contribution in [0.25, 0.3) is 38.5 Å². The van der Waals surface area contributed by atoms with Crippen molar-refractivity contribution in [2.45, 2.75) is 44.4 Å². The van der Waals surface area contributed by atoms with Crippen LogP contribution in [-0.4, -0.2) is 5.71 Å². The number of para-hydroxylation sites is 2. The van der Waals surface area contributed by atoms with Crippen LogP contribution in [0.4, 0.5) is 5.69 Å². The Hall–Kier alpha value is -5.15. The van der Waals surface area contributed by atoms with Crippen molar-refractivity contribution in [1.29, 1.82) is 0 Å². The van der Waals surface area contributed by atoms with Gasteiger partial charge in [-0.3, -0.25) is 4.99 Å². The maximum atomic E-state index is 6.82. The number of aliphatic imine (C=N–C) groups is 1. The van der Waals surface area contributed by atoms with Crippen molar-refractivity contribution in [3.8, 4) is 0 Å². The van der Waals surface area contributed by atoms with E-state index in [4.69, 9.17) is 13.8 Å². The van der Waals surface area contributed by atoms with E-state index in [0.717, 1.165) is 64.7 Å². The number of hydrogen-bond donors (Lipinski definition) is 0. The highest BCUT2D eigenvalue weighted by molar-refractivity contribution is 6.09. The third-order valence-electron chi connectivity index (χ3n) is 11.1. The first kappa shape index (κ1) is 27.0. The minimum Gasteiger partial charge on any atom is -0.458 e. The molecule has 0 saturated heterocycles. The van der Waals surface area contributed by atoms with Gasteiger partial charge in [-0.1, -0.05) is 104 Å². The lowest BCUT2D eigenvalue weighted by atomic mass is 9.71. The van der Waals surface area contributed by atoms with Crippen LogP contribution in [0.5, 0.6) is 0 Å². The fourth-order valence-electron chi connectivity index (χ4n) is 8.99. The van der Waals surface area contributed by atoms with Crippen LogP contribution in [0, 0.1) is 11.8 Å². The Morgan fingerprint density at radius 2 is 1.55 bits per heavy atom. The summed E-state index contributed by atoms with van der Waals surface area (Å²) in [5.41, 5.74) is 13.4. The highest BCUT2D eigenvalue weighted by atomic mass is 16.3.